The summed E-state index contributed by atoms with van der Waals surface area (Å²) >= 11 is 1.94. The Balaban J connectivity index is 1.64. The number of urea groups is 1. The van der Waals surface area contributed by atoms with Gasteiger partial charge in [-0.15, -0.1) is 0 Å². The summed E-state index contributed by atoms with van der Waals surface area (Å²) in [6.45, 7) is 4.05. The topological polar surface area (TPSA) is 35.6 Å². The van der Waals surface area contributed by atoms with E-state index < -0.39 is 0 Å². The zero-order valence-corrected chi connectivity index (χ0v) is 14.9. The molecule has 2 fully saturated rings. The first-order valence-electron chi connectivity index (χ1n) is 8.86. The van der Waals surface area contributed by atoms with Gasteiger partial charge < -0.3 is 15.1 Å². The quantitative estimate of drug-likeness (QED) is 0.903. The Morgan fingerprint density at radius 1 is 1.12 bits per heavy atom. The number of anilines is 1. The summed E-state index contributed by atoms with van der Waals surface area (Å²) in [5.41, 5.74) is 0.648. The van der Waals surface area contributed by atoms with Gasteiger partial charge in [0.15, 0.2) is 0 Å². The third-order valence-electron chi connectivity index (χ3n) is 4.71. The van der Waals surface area contributed by atoms with Crippen molar-refractivity contribution < 1.29 is 9.18 Å². The van der Waals surface area contributed by atoms with E-state index in [0.717, 1.165) is 44.1 Å². The van der Waals surface area contributed by atoms with E-state index in [1.807, 2.05) is 16.7 Å². The maximum Gasteiger partial charge on any atom is 0.322 e. The minimum Gasteiger partial charge on any atom is -0.319 e. The predicted octanol–water partition coefficient (Wildman–Crippen LogP) is 3.65. The van der Waals surface area contributed by atoms with Crippen molar-refractivity contribution >= 4 is 23.5 Å². The van der Waals surface area contributed by atoms with E-state index in [2.05, 4.69) is 10.2 Å². The third kappa shape index (κ3) is 4.86. The molecule has 1 aromatic rings. The lowest BCUT2D eigenvalue weighted by molar-refractivity contribution is 0.151. The second-order valence-electron chi connectivity index (χ2n) is 6.57. The van der Waals surface area contributed by atoms with Crippen LogP contribution in [0.1, 0.15) is 25.7 Å². The highest BCUT2D eigenvalue weighted by atomic mass is 32.2. The SMILES string of the molecule is O=C(Nc1ccc(F)cc1)N1CCCSCC1CN1CCCCC1. The number of rotatable bonds is 3. The van der Waals surface area contributed by atoms with E-state index in [1.165, 1.54) is 31.4 Å². The summed E-state index contributed by atoms with van der Waals surface area (Å²) in [7, 11) is 0. The van der Waals surface area contributed by atoms with Crippen LogP contribution in [0.3, 0.4) is 0 Å². The molecule has 2 aliphatic rings. The number of piperidine rings is 1. The van der Waals surface area contributed by atoms with Gasteiger partial charge in [-0.2, -0.15) is 11.8 Å². The van der Waals surface area contributed by atoms with Crippen molar-refractivity contribution in [1.82, 2.24) is 9.80 Å². The molecule has 0 saturated carbocycles. The van der Waals surface area contributed by atoms with E-state index in [1.54, 1.807) is 12.1 Å². The van der Waals surface area contributed by atoms with Crippen LogP contribution in [0, 0.1) is 5.82 Å². The fourth-order valence-electron chi connectivity index (χ4n) is 3.42. The van der Waals surface area contributed by atoms with Crippen LogP contribution in [0.15, 0.2) is 24.3 Å². The molecule has 0 bridgehead atoms. The largest absolute Gasteiger partial charge is 0.322 e. The van der Waals surface area contributed by atoms with E-state index in [0.29, 0.717) is 5.69 Å². The third-order valence-corrected chi connectivity index (χ3v) is 5.91. The molecule has 2 amide bonds. The fraction of sp³-hybridized carbons (Fsp3) is 0.611. The maximum absolute atomic E-state index is 13.0. The van der Waals surface area contributed by atoms with Crippen LogP contribution in [0.25, 0.3) is 0 Å². The summed E-state index contributed by atoms with van der Waals surface area (Å²) < 4.78 is 13.0. The van der Waals surface area contributed by atoms with Gasteiger partial charge in [-0.05, 0) is 62.4 Å². The fourth-order valence-corrected chi connectivity index (χ4v) is 4.47. The highest BCUT2D eigenvalue weighted by Crippen LogP contribution is 2.20. The molecule has 1 aromatic carbocycles. The summed E-state index contributed by atoms with van der Waals surface area (Å²) in [4.78, 5) is 17.2. The predicted molar refractivity (Wildman–Crippen MR) is 98.1 cm³/mol. The Morgan fingerprint density at radius 3 is 2.62 bits per heavy atom. The van der Waals surface area contributed by atoms with Crippen LogP contribution < -0.4 is 5.32 Å². The van der Waals surface area contributed by atoms with Crippen molar-refractivity contribution in [1.29, 1.82) is 0 Å². The highest BCUT2D eigenvalue weighted by Gasteiger charge is 2.28. The second-order valence-corrected chi connectivity index (χ2v) is 7.72. The normalized spacial score (nSPS) is 22.9. The molecule has 1 N–H and O–H groups in total. The summed E-state index contributed by atoms with van der Waals surface area (Å²) in [5.74, 6) is 1.81. The van der Waals surface area contributed by atoms with E-state index >= 15 is 0 Å². The van der Waals surface area contributed by atoms with Gasteiger partial charge in [0.05, 0.1) is 6.04 Å². The zero-order chi connectivity index (χ0) is 16.8. The lowest BCUT2D eigenvalue weighted by Gasteiger charge is -2.35. The van der Waals surface area contributed by atoms with Crippen LogP contribution in [-0.2, 0) is 0 Å². The molecule has 132 valence electrons. The Morgan fingerprint density at radius 2 is 1.88 bits per heavy atom. The summed E-state index contributed by atoms with van der Waals surface area (Å²) in [5, 5.41) is 2.93. The molecular weight excluding hydrogens is 325 g/mol. The molecule has 0 spiro atoms. The van der Waals surface area contributed by atoms with Crippen molar-refractivity contribution in [3.8, 4) is 0 Å². The van der Waals surface area contributed by atoms with E-state index in [-0.39, 0.29) is 17.9 Å². The van der Waals surface area contributed by atoms with Crippen molar-refractivity contribution in [2.24, 2.45) is 0 Å². The Labute approximate surface area is 147 Å². The molecule has 1 atom stereocenters. The molecule has 2 heterocycles. The standard InChI is InChI=1S/C18H26FN3OS/c19-15-5-7-16(8-6-15)20-18(23)22-11-4-12-24-14-17(22)13-21-9-2-1-3-10-21/h5-8,17H,1-4,9-14H2,(H,20,23). The minimum atomic E-state index is -0.290. The van der Waals surface area contributed by atoms with Crippen LogP contribution in [0.4, 0.5) is 14.9 Å². The number of nitrogens with one attached hydrogen (secondary N) is 1. The van der Waals surface area contributed by atoms with Crippen molar-refractivity contribution in [3.05, 3.63) is 30.1 Å². The zero-order valence-electron chi connectivity index (χ0n) is 14.0. The Bertz CT molecular complexity index is 534. The number of benzene rings is 1. The molecule has 4 nitrogen and oxygen atoms in total. The first-order chi connectivity index (χ1) is 11.7. The second kappa shape index (κ2) is 8.72. The van der Waals surface area contributed by atoms with Crippen LogP contribution in [0.2, 0.25) is 0 Å². The number of amides is 2. The number of hydrogen-bond donors (Lipinski definition) is 1. The number of halogens is 1. The average Bonchev–Trinajstić information content (AvgIpc) is 2.83. The van der Waals surface area contributed by atoms with Gasteiger partial charge in [0.25, 0.3) is 0 Å². The number of carbonyl (C=O) groups is 1. The van der Waals surface area contributed by atoms with E-state index in [4.69, 9.17) is 0 Å². The summed E-state index contributed by atoms with van der Waals surface area (Å²) in [6.07, 6.45) is 4.88. The van der Waals surface area contributed by atoms with Crippen molar-refractivity contribution in [2.45, 2.75) is 31.7 Å². The van der Waals surface area contributed by atoms with Crippen LogP contribution in [-0.4, -0.2) is 59.6 Å². The number of likely N-dealkylation sites (tertiary alicyclic amines) is 1. The molecule has 0 aromatic heterocycles. The van der Waals surface area contributed by atoms with Gasteiger partial charge in [-0.1, -0.05) is 6.42 Å². The van der Waals surface area contributed by atoms with Crippen molar-refractivity contribution in [3.63, 3.8) is 0 Å². The Hall–Kier alpha value is -1.27. The van der Waals surface area contributed by atoms with Crippen LogP contribution >= 0.6 is 11.8 Å². The Kier molecular flexibility index (Phi) is 6.37. The maximum atomic E-state index is 13.0. The van der Waals surface area contributed by atoms with Gasteiger partial charge >= 0.3 is 6.03 Å². The van der Waals surface area contributed by atoms with Gasteiger partial charge in [0.2, 0.25) is 0 Å². The van der Waals surface area contributed by atoms with Crippen LogP contribution in [0.5, 0.6) is 0 Å². The summed E-state index contributed by atoms with van der Waals surface area (Å²) in [6, 6.07) is 6.15. The van der Waals surface area contributed by atoms with Crippen molar-refractivity contribution in [2.75, 3.05) is 43.0 Å². The molecule has 0 aliphatic carbocycles. The number of hydrogen-bond acceptors (Lipinski definition) is 3. The molecule has 3 rings (SSSR count). The molecule has 24 heavy (non-hydrogen) atoms. The monoisotopic (exact) mass is 351 g/mol. The first kappa shape index (κ1) is 17.5. The van der Waals surface area contributed by atoms with Gasteiger partial charge in [0, 0.05) is 24.5 Å². The molecule has 6 heteroatoms. The lowest BCUT2D eigenvalue weighted by atomic mass is 10.1. The number of nitrogens with zero attached hydrogens (tertiary/aromatic N) is 2. The first-order valence-corrected chi connectivity index (χ1v) is 10.0. The number of thioether (sulfide) groups is 1. The lowest BCUT2D eigenvalue weighted by Crippen LogP contribution is -2.50. The molecule has 1 unspecified atom stereocenters. The molecule has 2 saturated heterocycles. The van der Waals surface area contributed by atoms with Gasteiger partial charge in [-0.3, -0.25) is 0 Å². The smallest absolute Gasteiger partial charge is 0.319 e. The average molecular weight is 351 g/mol. The molecule has 2 aliphatic heterocycles. The highest BCUT2D eigenvalue weighted by molar-refractivity contribution is 7.99. The molecule has 0 radical (unpaired) electrons. The minimum absolute atomic E-state index is 0.0638. The number of carbonyl (C=O) groups excluding carboxylic acids is 1. The van der Waals surface area contributed by atoms with Gasteiger partial charge in [-0.25, -0.2) is 9.18 Å². The molecular formula is C18H26FN3OS. The van der Waals surface area contributed by atoms with E-state index in [9.17, 15) is 9.18 Å². The van der Waals surface area contributed by atoms with Gasteiger partial charge in [0.1, 0.15) is 5.82 Å².